The van der Waals surface area contributed by atoms with E-state index in [2.05, 4.69) is 33.0 Å². The average molecular weight is 312 g/mol. The monoisotopic (exact) mass is 311 g/mol. The van der Waals surface area contributed by atoms with Gasteiger partial charge in [-0.25, -0.2) is 0 Å². The normalized spacial score (nSPS) is 13.0. The average Bonchev–Trinajstić information content (AvgIpc) is 2.37. The fourth-order valence-electron chi connectivity index (χ4n) is 2.70. The second kappa shape index (κ2) is 9.32. The molecule has 1 aromatic rings. The largest absolute Gasteiger partial charge is 0.496 e. The maximum atomic E-state index is 6.14. The molecule has 0 amide bonds. The van der Waals surface area contributed by atoms with E-state index in [1.54, 1.807) is 7.11 Å². The van der Waals surface area contributed by atoms with Crippen LogP contribution in [0.4, 0.5) is 0 Å². The summed E-state index contributed by atoms with van der Waals surface area (Å²) in [6.45, 7) is 11.2. The Balaban J connectivity index is 2.72. The minimum atomic E-state index is 0.608. The number of rotatable bonds is 9. The molecule has 0 bridgehead atoms. The van der Waals surface area contributed by atoms with Crippen LogP contribution in [0.25, 0.3) is 0 Å². The zero-order valence-electron chi connectivity index (χ0n) is 14.1. The van der Waals surface area contributed by atoms with E-state index in [1.807, 2.05) is 18.2 Å². The molecule has 120 valence electrons. The Morgan fingerprint density at radius 2 is 1.81 bits per heavy atom. The van der Waals surface area contributed by atoms with Gasteiger partial charge in [-0.05, 0) is 67.4 Å². The summed E-state index contributed by atoms with van der Waals surface area (Å²) in [6, 6.07) is 5.89. The van der Waals surface area contributed by atoms with E-state index in [0.717, 1.165) is 30.3 Å². The molecule has 1 aromatic carbocycles. The number of hydrogen-bond donors (Lipinski definition) is 1. The Kier molecular flexibility index (Phi) is 8.13. The van der Waals surface area contributed by atoms with Gasteiger partial charge in [-0.1, -0.05) is 39.3 Å². The van der Waals surface area contributed by atoms with Crippen molar-refractivity contribution in [1.82, 2.24) is 5.32 Å². The molecule has 0 aromatic heterocycles. The molecule has 1 N–H and O–H groups in total. The van der Waals surface area contributed by atoms with Crippen molar-refractivity contribution in [3.8, 4) is 5.75 Å². The molecule has 0 saturated carbocycles. The summed E-state index contributed by atoms with van der Waals surface area (Å²) >= 11 is 6.14. The number of methoxy groups -OCH3 is 1. The summed E-state index contributed by atoms with van der Waals surface area (Å²) in [5.74, 6) is 2.93. The van der Waals surface area contributed by atoms with Gasteiger partial charge in [-0.2, -0.15) is 0 Å². The van der Waals surface area contributed by atoms with E-state index >= 15 is 0 Å². The van der Waals surface area contributed by atoms with Crippen molar-refractivity contribution in [1.29, 1.82) is 0 Å². The molecule has 1 atom stereocenters. The lowest BCUT2D eigenvalue weighted by Crippen LogP contribution is -2.28. The Bertz CT molecular complexity index is 418. The highest BCUT2D eigenvalue weighted by atomic mass is 35.5. The van der Waals surface area contributed by atoms with Gasteiger partial charge in [0.05, 0.1) is 7.11 Å². The topological polar surface area (TPSA) is 21.3 Å². The van der Waals surface area contributed by atoms with Crippen molar-refractivity contribution in [2.45, 2.75) is 40.5 Å². The second-order valence-corrected chi connectivity index (χ2v) is 7.14. The number of benzene rings is 1. The summed E-state index contributed by atoms with van der Waals surface area (Å²) in [7, 11) is 1.72. The van der Waals surface area contributed by atoms with E-state index < -0.39 is 0 Å². The molecule has 2 nitrogen and oxygen atoms in total. The predicted molar refractivity (Wildman–Crippen MR) is 92.4 cm³/mol. The molecule has 0 saturated heterocycles. The van der Waals surface area contributed by atoms with Gasteiger partial charge >= 0.3 is 0 Å². The number of nitrogens with one attached hydrogen (secondary N) is 1. The second-order valence-electron chi connectivity index (χ2n) is 6.71. The van der Waals surface area contributed by atoms with Crippen LogP contribution >= 0.6 is 11.6 Å². The van der Waals surface area contributed by atoms with Gasteiger partial charge in [0, 0.05) is 5.02 Å². The molecule has 1 unspecified atom stereocenters. The van der Waals surface area contributed by atoms with Crippen LogP contribution < -0.4 is 10.1 Å². The Morgan fingerprint density at radius 1 is 1.10 bits per heavy atom. The number of halogens is 1. The number of ether oxygens (including phenoxy) is 1. The van der Waals surface area contributed by atoms with Crippen molar-refractivity contribution >= 4 is 11.6 Å². The summed E-state index contributed by atoms with van der Waals surface area (Å²) in [6.07, 6.45) is 2.22. The molecule has 0 fully saturated rings. The minimum absolute atomic E-state index is 0.608. The van der Waals surface area contributed by atoms with E-state index in [1.165, 1.54) is 12.0 Å². The van der Waals surface area contributed by atoms with Crippen LogP contribution in [-0.4, -0.2) is 20.2 Å². The van der Waals surface area contributed by atoms with Crippen LogP contribution in [0.3, 0.4) is 0 Å². The van der Waals surface area contributed by atoms with Crippen LogP contribution in [-0.2, 0) is 6.42 Å². The summed E-state index contributed by atoms with van der Waals surface area (Å²) in [5, 5.41) is 4.37. The van der Waals surface area contributed by atoms with Gasteiger partial charge in [0.1, 0.15) is 5.75 Å². The first-order valence-electron chi connectivity index (χ1n) is 7.95. The van der Waals surface area contributed by atoms with Gasteiger partial charge in [0.2, 0.25) is 0 Å². The lowest BCUT2D eigenvalue weighted by molar-refractivity contribution is 0.364. The molecule has 0 heterocycles. The quantitative estimate of drug-likeness (QED) is 0.707. The third-order valence-corrected chi connectivity index (χ3v) is 3.78. The zero-order chi connectivity index (χ0) is 15.8. The van der Waals surface area contributed by atoms with Gasteiger partial charge in [0.15, 0.2) is 0 Å². The Morgan fingerprint density at radius 3 is 2.38 bits per heavy atom. The minimum Gasteiger partial charge on any atom is -0.496 e. The fraction of sp³-hybridized carbons (Fsp3) is 0.667. The van der Waals surface area contributed by atoms with Crippen LogP contribution in [0, 0.1) is 17.8 Å². The molecule has 0 spiro atoms. The van der Waals surface area contributed by atoms with E-state index in [9.17, 15) is 0 Å². The van der Waals surface area contributed by atoms with Crippen molar-refractivity contribution < 1.29 is 4.74 Å². The number of hydrogen-bond acceptors (Lipinski definition) is 2. The van der Waals surface area contributed by atoms with Gasteiger partial charge < -0.3 is 10.1 Å². The molecular weight excluding hydrogens is 282 g/mol. The predicted octanol–water partition coefficient (Wildman–Crippen LogP) is 4.80. The van der Waals surface area contributed by atoms with Gasteiger partial charge in [-0.3, -0.25) is 0 Å². The standard InChI is InChI=1S/C18H30ClNO/c1-13(2)8-15(12-20-11-14(3)4)9-16-10-17(19)6-7-18(16)21-5/h6-7,10,13-15,20H,8-9,11-12H2,1-5H3. The third-order valence-electron chi connectivity index (χ3n) is 3.54. The van der Waals surface area contributed by atoms with Crippen molar-refractivity contribution in [3.63, 3.8) is 0 Å². The maximum absolute atomic E-state index is 6.14. The molecule has 21 heavy (non-hydrogen) atoms. The molecule has 0 aliphatic rings. The summed E-state index contributed by atoms with van der Waals surface area (Å²) < 4.78 is 5.47. The molecule has 0 radical (unpaired) electrons. The van der Waals surface area contributed by atoms with Crippen molar-refractivity contribution in [3.05, 3.63) is 28.8 Å². The van der Waals surface area contributed by atoms with Crippen LogP contribution in [0.1, 0.15) is 39.7 Å². The van der Waals surface area contributed by atoms with Crippen LogP contribution in [0.2, 0.25) is 5.02 Å². The van der Waals surface area contributed by atoms with Crippen LogP contribution in [0.15, 0.2) is 18.2 Å². The molecule has 1 rings (SSSR count). The van der Waals surface area contributed by atoms with Gasteiger partial charge in [-0.15, -0.1) is 0 Å². The van der Waals surface area contributed by atoms with E-state index in [4.69, 9.17) is 16.3 Å². The smallest absolute Gasteiger partial charge is 0.122 e. The lowest BCUT2D eigenvalue weighted by atomic mass is 9.90. The van der Waals surface area contributed by atoms with Gasteiger partial charge in [0.25, 0.3) is 0 Å². The first-order chi connectivity index (χ1) is 9.92. The molecular formula is C18H30ClNO. The Labute approximate surface area is 135 Å². The highest BCUT2D eigenvalue weighted by Gasteiger charge is 2.15. The highest BCUT2D eigenvalue weighted by molar-refractivity contribution is 6.30. The maximum Gasteiger partial charge on any atom is 0.122 e. The third kappa shape index (κ3) is 7.19. The van der Waals surface area contributed by atoms with Crippen molar-refractivity contribution in [2.24, 2.45) is 17.8 Å². The van der Waals surface area contributed by atoms with Crippen LogP contribution in [0.5, 0.6) is 5.75 Å². The van der Waals surface area contributed by atoms with E-state index in [-0.39, 0.29) is 0 Å². The summed E-state index contributed by atoms with van der Waals surface area (Å²) in [5.41, 5.74) is 1.21. The molecule has 3 heteroatoms. The molecule has 0 aliphatic heterocycles. The lowest BCUT2D eigenvalue weighted by Gasteiger charge is -2.21. The zero-order valence-corrected chi connectivity index (χ0v) is 14.8. The highest BCUT2D eigenvalue weighted by Crippen LogP contribution is 2.27. The first kappa shape index (κ1) is 18.3. The fourth-order valence-corrected chi connectivity index (χ4v) is 2.89. The molecule has 0 aliphatic carbocycles. The van der Waals surface area contributed by atoms with Crippen molar-refractivity contribution in [2.75, 3.05) is 20.2 Å². The van der Waals surface area contributed by atoms with E-state index in [0.29, 0.717) is 17.8 Å². The SMILES string of the molecule is COc1ccc(Cl)cc1CC(CNCC(C)C)CC(C)C. The first-order valence-corrected chi connectivity index (χ1v) is 8.33. The Hall–Kier alpha value is -0.730. The summed E-state index contributed by atoms with van der Waals surface area (Å²) in [4.78, 5) is 0.